The molecule has 0 aliphatic carbocycles. The van der Waals surface area contributed by atoms with Gasteiger partial charge in [0.05, 0.1) is 7.11 Å². The number of methoxy groups -OCH3 is 1. The van der Waals surface area contributed by atoms with Gasteiger partial charge in [0.1, 0.15) is 5.75 Å². The third kappa shape index (κ3) is 3.46. The van der Waals surface area contributed by atoms with Gasteiger partial charge in [0.2, 0.25) is 0 Å². The molecule has 19 heavy (non-hydrogen) atoms. The van der Waals surface area contributed by atoms with Gasteiger partial charge < -0.3 is 4.74 Å². The minimum absolute atomic E-state index is 0.0894. The maximum absolute atomic E-state index is 12.0. The number of benzene rings is 2. The van der Waals surface area contributed by atoms with Gasteiger partial charge in [-0.25, -0.2) is 0 Å². The lowest BCUT2D eigenvalue weighted by molar-refractivity contribution is 0.104. The van der Waals surface area contributed by atoms with Crippen molar-refractivity contribution in [2.45, 2.75) is 0 Å². The fraction of sp³-hybridized carbons (Fsp3) is 0.0625. The number of ketones is 1. The molecule has 0 heterocycles. The second kappa shape index (κ2) is 6.21. The quantitative estimate of drug-likeness (QED) is 0.614. The highest BCUT2D eigenvalue weighted by atomic mass is 35.5. The normalized spacial score (nSPS) is 10.6. The van der Waals surface area contributed by atoms with Crippen molar-refractivity contribution in [2.75, 3.05) is 7.11 Å². The summed E-state index contributed by atoms with van der Waals surface area (Å²) in [5.41, 5.74) is 1.43. The zero-order valence-electron chi connectivity index (χ0n) is 10.5. The van der Waals surface area contributed by atoms with Crippen LogP contribution in [-0.4, -0.2) is 12.9 Å². The highest BCUT2D eigenvalue weighted by Gasteiger charge is 2.03. The molecule has 0 fully saturated rings. The van der Waals surface area contributed by atoms with E-state index in [1.165, 1.54) is 6.08 Å². The predicted octanol–water partition coefficient (Wildman–Crippen LogP) is 4.24. The summed E-state index contributed by atoms with van der Waals surface area (Å²) in [5, 5.41) is 0.552. The lowest BCUT2D eigenvalue weighted by Crippen LogP contribution is -1.94. The van der Waals surface area contributed by atoms with Crippen LogP contribution in [0, 0.1) is 0 Å². The lowest BCUT2D eigenvalue weighted by Gasteiger charge is -2.03. The van der Waals surface area contributed by atoms with E-state index in [-0.39, 0.29) is 5.78 Å². The van der Waals surface area contributed by atoms with Crippen LogP contribution in [0.1, 0.15) is 15.9 Å². The molecule has 2 rings (SSSR count). The molecule has 2 aromatic rings. The first-order valence-electron chi connectivity index (χ1n) is 5.81. The van der Waals surface area contributed by atoms with Crippen LogP contribution in [-0.2, 0) is 0 Å². The molecule has 0 aromatic heterocycles. The first-order valence-corrected chi connectivity index (χ1v) is 6.19. The van der Waals surface area contributed by atoms with Gasteiger partial charge in [-0.3, -0.25) is 4.79 Å². The number of carbonyl (C=O) groups is 1. The predicted molar refractivity (Wildman–Crippen MR) is 77.8 cm³/mol. The average molecular weight is 273 g/mol. The Labute approximate surface area is 117 Å². The summed E-state index contributed by atoms with van der Waals surface area (Å²) >= 11 is 5.86. The summed E-state index contributed by atoms with van der Waals surface area (Å²) in [7, 11) is 1.60. The molecule has 0 aliphatic rings. The Morgan fingerprint density at radius 1 is 1.16 bits per heavy atom. The number of halogens is 1. The molecule has 0 radical (unpaired) electrons. The van der Waals surface area contributed by atoms with E-state index in [4.69, 9.17) is 16.3 Å². The summed E-state index contributed by atoms with van der Waals surface area (Å²) < 4.78 is 5.22. The number of carbonyl (C=O) groups excluding carboxylic acids is 1. The van der Waals surface area contributed by atoms with Crippen LogP contribution in [0.4, 0.5) is 0 Å². The van der Waals surface area contributed by atoms with Crippen molar-refractivity contribution in [3.63, 3.8) is 0 Å². The molecule has 0 N–H and O–H groups in total. The molecule has 0 saturated carbocycles. The molecular formula is C16H13ClO2. The van der Waals surface area contributed by atoms with Crippen molar-refractivity contribution in [3.05, 3.63) is 70.8 Å². The van der Waals surface area contributed by atoms with Gasteiger partial charge in [0.25, 0.3) is 0 Å². The Bertz CT molecular complexity index is 618. The molecule has 0 bridgehead atoms. The van der Waals surface area contributed by atoms with Gasteiger partial charge in [0.15, 0.2) is 5.78 Å². The van der Waals surface area contributed by atoms with Crippen molar-refractivity contribution in [3.8, 4) is 5.75 Å². The van der Waals surface area contributed by atoms with Crippen molar-refractivity contribution in [2.24, 2.45) is 0 Å². The van der Waals surface area contributed by atoms with Crippen molar-refractivity contribution >= 4 is 23.5 Å². The van der Waals surface area contributed by atoms with E-state index in [1.54, 1.807) is 37.5 Å². The van der Waals surface area contributed by atoms with E-state index in [2.05, 4.69) is 0 Å². The van der Waals surface area contributed by atoms with Crippen LogP contribution in [0.3, 0.4) is 0 Å². The molecule has 0 spiro atoms. The zero-order chi connectivity index (χ0) is 13.7. The molecule has 0 amide bonds. The van der Waals surface area contributed by atoms with E-state index in [0.29, 0.717) is 10.6 Å². The van der Waals surface area contributed by atoms with E-state index in [1.807, 2.05) is 24.3 Å². The Hall–Kier alpha value is -2.06. The summed E-state index contributed by atoms with van der Waals surface area (Å²) in [5.74, 6) is 0.644. The highest BCUT2D eigenvalue weighted by Crippen LogP contribution is 2.19. The van der Waals surface area contributed by atoms with Gasteiger partial charge in [-0.1, -0.05) is 41.9 Å². The van der Waals surface area contributed by atoms with Gasteiger partial charge >= 0.3 is 0 Å². The summed E-state index contributed by atoms with van der Waals surface area (Å²) in [4.78, 5) is 12.0. The SMILES string of the molecule is COc1ccccc1/C=C/C(=O)c1cccc(Cl)c1. The van der Waals surface area contributed by atoms with Crippen molar-refractivity contribution < 1.29 is 9.53 Å². The van der Waals surface area contributed by atoms with Gasteiger partial charge in [-0.05, 0) is 30.4 Å². The minimum Gasteiger partial charge on any atom is -0.496 e. The van der Waals surface area contributed by atoms with Gasteiger partial charge in [0, 0.05) is 16.1 Å². The van der Waals surface area contributed by atoms with Gasteiger partial charge in [-0.15, -0.1) is 0 Å². The van der Waals surface area contributed by atoms with Crippen LogP contribution in [0.15, 0.2) is 54.6 Å². The maximum atomic E-state index is 12.0. The van der Waals surface area contributed by atoms with Crippen LogP contribution in [0.25, 0.3) is 6.08 Å². The standard InChI is InChI=1S/C16H13ClO2/c1-19-16-8-3-2-5-12(16)9-10-15(18)13-6-4-7-14(17)11-13/h2-11H,1H3/b10-9+. The Morgan fingerprint density at radius 2 is 1.95 bits per heavy atom. The molecule has 0 saturated heterocycles. The Kier molecular flexibility index (Phi) is 4.37. The van der Waals surface area contributed by atoms with E-state index < -0.39 is 0 Å². The molecule has 0 aliphatic heterocycles. The number of ether oxygens (including phenoxy) is 1. The van der Waals surface area contributed by atoms with Crippen LogP contribution in [0.2, 0.25) is 5.02 Å². The summed E-state index contributed by atoms with van der Waals surface area (Å²) in [6.07, 6.45) is 3.26. The summed E-state index contributed by atoms with van der Waals surface area (Å²) in [6.45, 7) is 0. The maximum Gasteiger partial charge on any atom is 0.185 e. The Morgan fingerprint density at radius 3 is 2.68 bits per heavy atom. The molecule has 3 heteroatoms. The second-order valence-electron chi connectivity index (χ2n) is 3.95. The third-order valence-electron chi connectivity index (χ3n) is 2.66. The van der Waals surface area contributed by atoms with E-state index in [9.17, 15) is 4.79 Å². The largest absolute Gasteiger partial charge is 0.496 e. The number of allylic oxidation sites excluding steroid dienone is 1. The number of rotatable bonds is 4. The molecule has 0 unspecified atom stereocenters. The number of para-hydroxylation sites is 1. The molecular weight excluding hydrogens is 260 g/mol. The summed E-state index contributed by atoms with van der Waals surface area (Å²) in [6, 6.07) is 14.4. The van der Waals surface area contributed by atoms with E-state index >= 15 is 0 Å². The highest BCUT2D eigenvalue weighted by molar-refractivity contribution is 6.31. The zero-order valence-corrected chi connectivity index (χ0v) is 11.2. The van der Waals surface area contributed by atoms with Crippen LogP contribution in [0.5, 0.6) is 5.75 Å². The fourth-order valence-corrected chi connectivity index (χ4v) is 1.90. The molecule has 2 aromatic carbocycles. The van der Waals surface area contributed by atoms with E-state index in [0.717, 1.165) is 11.3 Å². The molecule has 0 atom stereocenters. The molecule has 2 nitrogen and oxygen atoms in total. The second-order valence-corrected chi connectivity index (χ2v) is 4.39. The lowest BCUT2D eigenvalue weighted by atomic mass is 10.1. The molecule has 96 valence electrons. The smallest absolute Gasteiger partial charge is 0.185 e. The van der Waals surface area contributed by atoms with Gasteiger partial charge in [-0.2, -0.15) is 0 Å². The first kappa shape index (κ1) is 13.4. The topological polar surface area (TPSA) is 26.3 Å². The van der Waals surface area contributed by atoms with Crippen LogP contribution < -0.4 is 4.74 Å². The van der Waals surface area contributed by atoms with Crippen LogP contribution >= 0.6 is 11.6 Å². The number of hydrogen-bond acceptors (Lipinski definition) is 2. The minimum atomic E-state index is -0.0894. The fourth-order valence-electron chi connectivity index (χ4n) is 1.71. The Balaban J connectivity index is 2.21. The number of hydrogen-bond donors (Lipinski definition) is 0. The van der Waals surface area contributed by atoms with Crippen molar-refractivity contribution in [1.29, 1.82) is 0 Å². The van der Waals surface area contributed by atoms with Crippen molar-refractivity contribution in [1.82, 2.24) is 0 Å². The third-order valence-corrected chi connectivity index (χ3v) is 2.90. The monoisotopic (exact) mass is 272 g/mol. The average Bonchev–Trinajstić information content (AvgIpc) is 2.45. The first-order chi connectivity index (χ1) is 9.20.